The van der Waals surface area contributed by atoms with Crippen LogP contribution in [0.5, 0.6) is 5.75 Å². The van der Waals surface area contributed by atoms with Gasteiger partial charge in [-0.1, -0.05) is 0 Å². The highest BCUT2D eigenvalue weighted by molar-refractivity contribution is 7.91. The van der Waals surface area contributed by atoms with Crippen LogP contribution in [0.15, 0.2) is 35.6 Å². The largest absolute Gasteiger partial charge is 0.494 e. The van der Waals surface area contributed by atoms with Gasteiger partial charge in [0.05, 0.1) is 24.6 Å². The van der Waals surface area contributed by atoms with Crippen molar-refractivity contribution < 1.29 is 31.8 Å². The van der Waals surface area contributed by atoms with Gasteiger partial charge in [0, 0.05) is 47.8 Å². The summed E-state index contributed by atoms with van der Waals surface area (Å²) in [5, 5.41) is 13.7. The van der Waals surface area contributed by atoms with E-state index in [0.717, 1.165) is 19.1 Å². The van der Waals surface area contributed by atoms with Crippen molar-refractivity contribution >= 4 is 27.2 Å². The van der Waals surface area contributed by atoms with Crippen LogP contribution in [-0.4, -0.2) is 81.0 Å². The summed E-state index contributed by atoms with van der Waals surface area (Å²) >= 11 is 0. The van der Waals surface area contributed by atoms with Crippen LogP contribution >= 0.6 is 0 Å². The van der Waals surface area contributed by atoms with Gasteiger partial charge >= 0.3 is 0 Å². The molecule has 2 saturated heterocycles. The number of nitrogens with two attached hydrogens (primary N) is 1. The fourth-order valence-electron chi connectivity index (χ4n) is 6.24. The quantitative estimate of drug-likeness (QED) is 0.336. The third-order valence-corrected chi connectivity index (χ3v) is 9.21. The van der Waals surface area contributed by atoms with E-state index in [1.54, 1.807) is 4.90 Å². The molecule has 42 heavy (non-hydrogen) atoms. The Kier molecular flexibility index (Phi) is 6.80. The highest BCUT2D eigenvalue weighted by Crippen LogP contribution is 2.45. The number of nitrogens with zero attached hydrogens (tertiary/aromatic N) is 6. The molecule has 0 aliphatic carbocycles. The number of rotatable bonds is 6. The number of benzene rings is 1. The summed E-state index contributed by atoms with van der Waals surface area (Å²) in [7, 11) is -2.60. The van der Waals surface area contributed by atoms with Crippen LogP contribution in [0, 0.1) is 11.6 Å². The first-order chi connectivity index (χ1) is 20.0. The molecule has 2 fully saturated rings. The summed E-state index contributed by atoms with van der Waals surface area (Å²) in [4.78, 5) is 27.2. The molecule has 3 N–H and O–H groups in total. The number of nitrogen functional groups attached to an aromatic ring is 1. The number of aliphatic hydroxyl groups is 1. The van der Waals surface area contributed by atoms with Crippen LogP contribution < -0.4 is 10.5 Å². The summed E-state index contributed by atoms with van der Waals surface area (Å²) in [6, 6.07) is 2.30. The Labute approximate surface area is 239 Å². The Hall–Kier alpha value is -4.24. The van der Waals surface area contributed by atoms with Gasteiger partial charge in [-0.25, -0.2) is 27.8 Å². The zero-order chi connectivity index (χ0) is 29.9. The molecule has 1 amide bonds. The third kappa shape index (κ3) is 4.43. The smallest absolute Gasteiger partial charge is 0.248 e. The lowest BCUT2D eigenvalue weighted by Gasteiger charge is -2.39. The van der Waals surface area contributed by atoms with Gasteiger partial charge in [0.2, 0.25) is 11.7 Å². The lowest BCUT2D eigenvalue weighted by atomic mass is 9.87. The molecule has 0 radical (unpaired) electrons. The average molecular weight is 600 g/mol. The number of carbonyl (C=O) groups is 1. The summed E-state index contributed by atoms with van der Waals surface area (Å²) in [5.74, 6) is -3.35. The van der Waals surface area contributed by atoms with Crippen LogP contribution in [0.25, 0.3) is 28.2 Å². The van der Waals surface area contributed by atoms with Crippen LogP contribution in [0.1, 0.15) is 37.3 Å². The number of sulfone groups is 1. The van der Waals surface area contributed by atoms with Gasteiger partial charge in [0.1, 0.15) is 17.3 Å². The molecule has 5 heterocycles. The predicted octanol–water partition coefficient (Wildman–Crippen LogP) is 2.36. The molecule has 2 unspecified atom stereocenters. The van der Waals surface area contributed by atoms with Crippen LogP contribution in [-0.2, 0) is 14.6 Å². The van der Waals surface area contributed by atoms with Crippen molar-refractivity contribution in [1.29, 1.82) is 0 Å². The lowest BCUT2D eigenvalue weighted by Crippen LogP contribution is -2.47. The Morgan fingerprint density at radius 3 is 2.36 bits per heavy atom. The average Bonchev–Trinajstić information content (AvgIpc) is 3.51. The van der Waals surface area contributed by atoms with E-state index in [9.17, 15) is 27.1 Å². The lowest BCUT2D eigenvalue weighted by molar-refractivity contribution is -0.138. The normalized spacial score (nSPS) is 20.3. The van der Waals surface area contributed by atoms with Crippen molar-refractivity contribution in [3.8, 4) is 28.3 Å². The molecule has 15 heteroatoms. The summed E-state index contributed by atoms with van der Waals surface area (Å²) in [6.45, 7) is -0.580. The molecule has 6 rings (SSSR count). The van der Waals surface area contributed by atoms with Gasteiger partial charge in [-0.2, -0.15) is 14.0 Å². The maximum atomic E-state index is 14.6. The second-order valence-electron chi connectivity index (χ2n) is 10.5. The zero-order valence-corrected chi connectivity index (χ0v) is 23.5. The van der Waals surface area contributed by atoms with Gasteiger partial charge in [-0.05, 0) is 37.8 Å². The molecule has 4 aromatic rings. The van der Waals surface area contributed by atoms with E-state index in [0.29, 0.717) is 29.7 Å². The summed E-state index contributed by atoms with van der Waals surface area (Å²) in [6.07, 6.45) is 7.76. The van der Waals surface area contributed by atoms with Crippen molar-refractivity contribution in [1.82, 2.24) is 29.5 Å². The standard InChI is InChI=1S/C27H27F2N7O5S/c1-41-19-6-5-17(21(28)22(19)29)26-31-9-14(10-32-26)18-11-33-36-25(30)24(42(2,39)40)23(34-27(18)36)13-7-15-3-4-16(8-13)35(15)20(38)12-37/h5-6,9-11,13,15-16,37H,3-4,7-8,12,30H2,1-2H3. The van der Waals surface area contributed by atoms with Crippen molar-refractivity contribution in [2.75, 3.05) is 25.7 Å². The Balaban J connectivity index is 1.42. The number of ether oxygens (including phenoxy) is 1. The zero-order valence-electron chi connectivity index (χ0n) is 22.7. The number of fused-ring (bicyclic) bond motifs is 3. The van der Waals surface area contributed by atoms with E-state index < -0.39 is 28.1 Å². The van der Waals surface area contributed by atoms with Crippen LogP contribution in [0.4, 0.5) is 14.6 Å². The molecule has 2 aliphatic rings. The number of hydrogen-bond donors (Lipinski definition) is 2. The maximum Gasteiger partial charge on any atom is 0.248 e. The monoisotopic (exact) mass is 599 g/mol. The first kappa shape index (κ1) is 27.9. The molecule has 1 aromatic carbocycles. The van der Waals surface area contributed by atoms with Gasteiger partial charge < -0.3 is 20.5 Å². The molecule has 220 valence electrons. The minimum absolute atomic E-state index is 0.0542. The Bertz CT molecular complexity index is 1820. The number of methoxy groups -OCH3 is 1. The van der Waals surface area contributed by atoms with Crippen LogP contribution in [0.3, 0.4) is 0 Å². The molecule has 2 aliphatic heterocycles. The molecular weight excluding hydrogens is 572 g/mol. The van der Waals surface area contributed by atoms with E-state index in [-0.39, 0.29) is 57.4 Å². The van der Waals surface area contributed by atoms with E-state index in [1.165, 1.54) is 42.3 Å². The van der Waals surface area contributed by atoms with Crippen molar-refractivity contribution in [3.63, 3.8) is 0 Å². The SMILES string of the molecule is COc1ccc(-c2ncc(-c3cnn4c(N)c(S(C)(=O)=O)c(C5CC6CCC(C5)N6C(=O)CO)nc34)cn2)c(F)c1F. The van der Waals surface area contributed by atoms with Gasteiger partial charge in [-0.15, -0.1) is 0 Å². The number of amides is 1. The molecule has 0 saturated carbocycles. The summed E-state index contributed by atoms with van der Waals surface area (Å²) in [5.41, 5.74) is 7.72. The van der Waals surface area contributed by atoms with Gasteiger partial charge in [0.15, 0.2) is 32.9 Å². The number of piperidine rings is 1. The maximum absolute atomic E-state index is 14.6. The first-order valence-electron chi connectivity index (χ1n) is 13.2. The van der Waals surface area contributed by atoms with E-state index in [4.69, 9.17) is 15.5 Å². The molecule has 3 aromatic heterocycles. The number of halogens is 2. The fraction of sp³-hybridized carbons (Fsp3) is 0.370. The van der Waals surface area contributed by atoms with Crippen molar-refractivity contribution in [2.24, 2.45) is 0 Å². The third-order valence-electron chi connectivity index (χ3n) is 8.05. The number of aromatic nitrogens is 5. The molecule has 2 atom stereocenters. The van der Waals surface area contributed by atoms with Crippen molar-refractivity contribution in [3.05, 3.63) is 48.1 Å². The minimum Gasteiger partial charge on any atom is -0.494 e. The molecule has 2 bridgehead atoms. The first-order valence-corrected chi connectivity index (χ1v) is 15.1. The Morgan fingerprint density at radius 2 is 1.76 bits per heavy atom. The number of aliphatic hydroxyl groups excluding tert-OH is 1. The Morgan fingerprint density at radius 1 is 1.10 bits per heavy atom. The fourth-order valence-corrected chi connectivity index (χ4v) is 7.29. The van der Waals surface area contributed by atoms with E-state index >= 15 is 0 Å². The minimum atomic E-state index is -3.83. The second-order valence-corrected chi connectivity index (χ2v) is 12.5. The van der Waals surface area contributed by atoms with E-state index in [1.807, 2.05) is 0 Å². The topological polar surface area (TPSA) is 166 Å². The van der Waals surface area contributed by atoms with E-state index in [2.05, 4.69) is 15.1 Å². The number of hydrogen-bond acceptors (Lipinski definition) is 10. The van der Waals surface area contributed by atoms with Crippen molar-refractivity contribution in [2.45, 2.75) is 48.6 Å². The number of anilines is 1. The highest BCUT2D eigenvalue weighted by Gasteiger charge is 2.45. The summed E-state index contributed by atoms with van der Waals surface area (Å²) < 4.78 is 60.8. The van der Waals surface area contributed by atoms with Gasteiger partial charge in [-0.3, -0.25) is 4.79 Å². The highest BCUT2D eigenvalue weighted by atomic mass is 32.2. The second kappa shape index (κ2) is 10.2. The molecule has 0 spiro atoms. The number of carbonyl (C=O) groups excluding carboxylic acids is 1. The van der Waals surface area contributed by atoms with Gasteiger partial charge in [0.25, 0.3) is 0 Å². The molecular formula is C27H27F2N7O5S. The molecule has 12 nitrogen and oxygen atoms in total. The predicted molar refractivity (Wildman–Crippen MR) is 146 cm³/mol. The van der Waals surface area contributed by atoms with Crippen LogP contribution in [0.2, 0.25) is 0 Å².